The second-order valence-electron chi connectivity index (χ2n) is 7.00. The van der Waals surface area contributed by atoms with Crippen LogP contribution in [0.4, 0.5) is 0 Å². The summed E-state index contributed by atoms with van der Waals surface area (Å²) in [4.78, 5) is 38.8. The molecule has 150 valence electrons. The fraction of sp³-hybridized carbons (Fsp3) is 0.318. The topological polar surface area (TPSA) is 72.9 Å². The van der Waals surface area contributed by atoms with Crippen LogP contribution in [-0.2, 0) is 19.2 Å². The number of carbonyl (C=O) groups excluding carboxylic acids is 3. The molecule has 4 rings (SSSR count). The van der Waals surface area contributed by atoms with E-state index in [1.54, 1.807) is 48.0 Å². The summed E-state index contributed by atoms with van der Waals surface area (Å²) in [6, 6.07) is 15.7. The van der Waals surface area contributed by atoms with Crippen molar-refractivity contribution in [3.05, 3.63) is 65.7 Å². The first-order valence-electron chi connectivity index (χ1n) is 9.41. The third kappa shape index (κ3) is 3.51. The molecule has 0 bridgehead atoms. The molecular weight excluding hydrogens is 390 g/mol. The van der Waals surface area contributed by atoms with Crippen molar-refractivity contribution in [3.8, 4) is 5.75 Å². The number of hydrogen-bond donors (Lipinski definition) is 0. The first-order chi connectivity index (χ1) is 14.0. The van der Waals surface area contributed by atoms with Crippen molar-refractivity contribution in [3.63, 3.8) is 0 Å². The van der Waals surface area contributed by atoms with Crippen LogP contribution >= 0.6 is 11.8 Å². The van der Waals surface area contributed by atoms with Crippen molar-refractivity contribution >= 4 is 29.4 Å². The van der Waals surface area contributed by atoms with E-state index in [1.807, 2.05) is 30.3 Å². The van der Waals surface area contributed by atoms with E-state index < -0.39 is 16.9 Å². The molecule has 2 aliphatic rings. The monoisotopic (exact) mass is 411 g/mol. The lowest BCUT2D eigenvalue weighted by molar-refractivity contribution is -0.152. The SMILES string of the molecule is COc1ccc(C(=O)COC(=O)[C@H]2CS[C@]3(c4ccccc4)CCC(=O)N23)cc1. The van der Waals surface area contributed by atoms with Gasteiger partial charge in [-0.25, -0.2) is 4.79 Å². The molecule has 2 heterocycles. The van der Waals surface area contributed by atoms with Gasteiger partial charge < -0.3 is 14.4 Å². The summed E-state index contributed by atoms with van der Waals surface area (Å²) in [6.07, 6.45) is 1.06. The molecule has 0 unspecified atom stereocenters. The Morgan fingerprint density at radius 1 is 1.14 bits per heavy atom. The van der Waals surface area contributed by atoms with Gasteiger partial charge in [0.15, 0.2) is 12.4 Å². The number of carbonyl (C=O) groups is 3. The molecular formula is C22H21NO5S. The average molecular weight is 411 g/mol. The Morgan fingerprint density at radius 2 is 1.86 bits per heavy atom. The van der Waals surface area contributed by atoms with Gasteiger partial charge in [0, 0.05) is 17.7 Å². The van der Waals surface area contributed by atoms with E-state index in [-0.39, 0.29) is 18.3 Å². The molecule has 0 aliphatic carbocycles. The summed E-state index contributed by atoms with van der Waals surface area (Å²) in [5, 5.41) is 0. The summed E-state index contributed by atoms with van der Waals surface area (Å²) >= 11 is 1.59. The molecule has 29 heavy (non-hydrogen) atoms. The predicted molar refractivity (Wildman–Crippen MR) is 109 cm³/mol. The van der Waals surface area contributed by atoms with Crippen LogP contribution in [0.1, 0.15) is 28.8 Å². The molecule has 0 spiro atoms. The molecule has 0 aromatic heterocycles. The molecule has 0 N–H and O–H groups in total. The van der Waals surface area contributed by atoms with E-state index >= 15 is 0 Å². The minimum absolute atomic E-state index is 0.0534. The van der Waals surface area contributed by atoms with Crippen molar-refractivity contribution in [2.45, 2.75) is 23.8 Å². The zero-order valence-corrected chi connectivity index (χ0v) is 16.8. The van der Waals surface area contributed by atoms with Gasteiger partial charge in [-0.1, -0.05) is 30.3 Å². The quantitative estimate of drug-likeness (QED) is 0.537. The van der Waals surface area contributed by atoms with Crippen LogP contribution in [0.3, 0.4) is 0 Å². The van der Waals surface area contributed by atoms with Gasteiger partial charge in [0.05, 0.1) is 7.11 Å². The third-order valence-corrected chi connectivity index (χ3v) is 6.98. The van der Waals surface area contributed by atoms with Gasteiger partial charge in [-0.05, 0) is 36.2 Å². The molecule has 7 heteroatoms. The Kier molecular flexibility index (Phi) is 5.32. The van der Waals surface area contributed by atoms with E-state index in [2.05, 4.69) is 0 Å². The fourth-order valence-electron chi connectivity index (χ4n) is 3.91. The summed E-state index contributed by atoms with van der Waals surface area (Å²) < 4.78 is 10.4. The number of ether oxygens (including phenoxy) is 2. The lowest BCUT2D eigenvalue weighted by atomic mass is 10.0. The number of thioether (sulfide) groups is 1. The third-order valence-electron chi connectivity index (χ3n) is 5.38. The van der Waals surface area contributed by atoms with Gasteiger partial charge in [0.25, 0.3) is 0 Å². The Balaban J connectivity index is 1.45. The Labute approximate surface area is 173 Å². The fourth-order valence-corrected chi connectivity index (χ4v) is 5.55. The van der Waals surface area contributed by atoms with Crippen molar-refractivity contribution in [2.24, 2.45) is 0 Å². The van der Waals surface area contributed by atoms with Crippen LogP contribution in [0.15, 0.2) is 54.6 Å². The van der Waals surface area contributed by atoms with Crippen molar-refractivity contribution in [1.82, 2.24) is 4.90 Å². The molecule has 1 amide bonds. The lowest BCUT2D eigenvalue weighted by Crippen LogP contribution is -2.47. The Bertz CT molecular complexity index is 930. The summed E-state index contributed by atoms with van der Waals surface area (Å²) in [5.41, 5.74) is 1.45. The summed E-state index contributed by atoms with van der Waals surface area (Å²) in [7, 11) is 1.55. The van der Waals surface area contributed by atoms with Gasteiger partial charge >= 0.3 is 5.97 Å². The van der Waals surface area contributed by atoms with Crippen LogP contribution in [-0.4, -0.2) is 48.1 Å². The zero-order chi connectivity index (χ0) is 20.4. The smallest absolute Gasteiger partial charge is 0.330 e. The van der Waals surface area contributed by atoms with E-state index in [9.17, 15) is 14.4 Å². The highest BCUT2D eigenvalue weighted by molar-refractivity contribution is 8.00. The van der Waals surface area contributed by atoms with Gasteiger partial charge in [-0.2, -0.15) is 0 Å². The molecule has 6 nitrogen and oxygen atoms in total. The highest BCUT2D eigenvalue weighted by Crippen LogP contribution is 2.54. The van der Waals surface area contributed by atoms with Gasteiger partial charge in [-0.15, -0.1) is 11.8 Å². The molecule has 2 aromatic carbocycles. The first kappa shape index (κ1) is 19.5. The highest BCUT2D eigenvalue weighted by Gasteiger charge is 2.57. The van der Waals surface area contributed by atoms with Crippen molar-refractivity contribution < 1.29 is 23.9 Å². The van der Waals surface area contributed by atoms with Crippen LogP contribution in [0.25, 0.3) is 0 Å². The molecule has 0 saturated carbocycles. The maximum Gasteiger partial charge on any atom is 0.330 e. The minimum Gasteiger partial charge on any atom is -0.497 e. The minimum atomic E-state index is -0.682. The molecule has 0 radical (unpaired) electrons. The Hall–Kier alpha value is -2.80. The van der Waals surface area contributed by atoms with E-state index in [4.69, 9.17) is 9.47 Å². The normalized spacial score (nSPS) is 23.0. The average Bonchev–Trinajstić information content (AvgIpc) is 3.32. The number of hydrogen-bond acceptors (Lipinski definition) is 6. The number of esters is 1. The number of amides is 1. The lowest BCUT2D eigenvalue weighted by Gasteiger charge is -2.33. The molecule has 2 aliphatic heterocycles. The predicted octanol–water partition coefficient (Wildman–Crippen LogP) is 3.01. The molecule has 2 atom stereocenters. The van der Waals surface area contributed by atoms with E-state index in [0.717, 1.165) is 5.56 Å². The first-order valence-corrected chi connectivity index (χ1v) is 10.4. The van der Waals surface area contributed by atoms with E-state index in [0.29, 0.717) is 29.9 Å². The summed E-state index contributed by atoms with van der Waals surface area (Å²) in [6.45, 7) is -0.354. The number of rotatable bonds is 6. The maximum absolute atomic E-state index is 12.7. The standard InChI is InChI=1S/C22H21NO5S/c1-27-17-9-7-15(8-10-17)19(24)13-28-21(26)18-14-29-22(12-11-20(25)23(18)22)16-5-3-2-4-6-16/h2-10,18H,11-14H2,1H3/t18-,22+/m1/s1. The number of Topliss-reactive ketones (excluding diaryl/α,β-unsaturated/α-hetero) is 1. The summed E-state index contributed by atoms with van der Waals surface area (Å²) in [5.74, 6) is 0.214. The maximum atomic E-state index is 12.7. The van der Waals surface area contributed by atoms with Crippen LogP contribution < -0.4 is 4.74 Å². The zero-order valence-electron chi connectivity index (χ0n) is 16.0. The molecule has 2 aromatic rings. The Morgan fingerprint density at radius 3 is 2.55 bits per heavy atom. The number of methoxy groups -OCH3 is 1. The van der Waals surface area contributed by atoms with Crippen LogP contribution in [0.2, 0.25) is 0 Å². The van der Waals surface area contributed by atoms with Crippen LogP contribution in [0.5, 0.6) is 5.75 Å². The van der Waals surface area contributed by atoms with Crippen molar-refractivity contribution in [1.29, 1.82) is 0 Å². The second kappa shape index (κ2) is 7.91. The second-order valence-corrected chi connectivity index (χ2v) is 8.30. The molecule has 2 fully saturated rings. The number of nitrogens with zero attached hydrogens (tertiary/aromatic N) is 1. The van der Waals surface area contributed by atoms with Gasteiger partial charge in [0.2, 0.25) is 5.91 Å². The van der Waals surface area contributed by atoms with Crippen molar-refractivity contribution in [2.75, 3.05) is 19.5 Å². The van der Waals surface area contributed by atoms with Gasteiger partial charge in [-0.3, -0.25) is 9.59 Å². The van der Waals surface area contributed by atoms with Gasteiger partial charge in [0.1, 0.15) is 16.7 Å². The van der Waals surface area contributed by atoms with E-state index in [1.165, 1.54) is 0 Å². The number of fused-ring (bicyclic) bond motifs is 1. The number of ketones is 1. The molecule has 2 saturated heterocycles. The largest absolute Gasteiger partial charge is 0.497 e. The van der Waals surface area contributed by atoms with Crippen LogP contribution in [0, 0.1) is 0 Å². The highest BCUT2D eigenvalue weighted by atomic mass is 32.2. The number of benzene rings is 2.